The summed E-state index contributed by atoms with van der Waals surface area (Å²) in [6.45, 7) is 18.1. The van der Waals surface area contributed by atoms with Crippen molar-refractivity contribution in [3.05, 3.63) is 0 Å². The van der Waals surface area contributed by atoms with Gasteiger partial charge in [-0.25, -0.2) is 0 Å². The van der Waals surface area contributed by atoms with E-state index in [4.69, 9.17) is 0 Å². The molecular formula is C18H38N2O. The van der Waals surface area contributed by atoms with Gasteiger partial charge in [-0.15, -0.1) is 0 Å². The first-order valence-corrected chi connectivity index (χ1v) is 8.83. The second-order valence-electron chi connectivity index (χ2n) is 8.62. The van der Waals surface area contributed by atoms with Crippen molar-refractivity contribution < 1.29 is 5.11 Å². The van der Waals surface area contributed by atoms with E-state index in [-0.39, 0.29) is 0 Å². The third-order valence-electron chi connectivity index (χ3n) is 4.38. The van der Waals surface area contributed by atoms with Crippen LogP contribution in [0.5, 0.6) is 0 Å². The van der Waals surface area contributed by atoms with Gasteiger partial charge in [0, 0.05) is 26.2 Å². The first kappa shape index (κ1) is 18.9. The largest absolute Gasteiger partial charge is 0.390 e. The van der Waals surface area contributed by atoms with Gasteiger partial charge < -0.3 is 14.9 Å². The fraction of sp³-hybridized carbons (Fsp3) is 1.00. The molecule has 0 radical (unpaired) electrons. The molecule has 3 heteroatoms. The predicted molar refractivity (Wildman–Crippen MR) is 91.7 cm³/mol. The van der Waals surface area contributed by atoms with Crippen LogP contribution in [0.4, 0.5) is 0 Å². The molecule has 0 atom stereocenters. The molecule has 0 spiro atoms. The van der Waals surface area contributed by atoms with Gasteiger partial charge in [0.15, 0.2) is 0 Å². The van der Waals surface area contributed by atoms with E-state index in [1.165, 1.54) is 52.0 Å². The molecular weight excluding hydrogens is 260 g/mol. The summed E-state index contributed by atoms with van der Waals surface area (Å²) in [5, 5.41) is 9.74. The lowest BCUT2D eigenvalue weighted by Gasteiger charge is -2.35. The van der Waals surface area contributed by atoms with Gasteiger partial charge in [0.1, 0.15) is 0 Å². The molecule has 1 heterocycles. The van der Waals surface area contributed by atoms with E-state index in [0.29, 0.717) is 5.41 Å². The van der Waals surface area contributed by atoms with E-state index >= 15 is 0 Å². The van der Waals surface area contributed by atoms with Crippen molar-refractivity contribution in [3.63, 3.8) is 0 Å². The summed E-state index contributed by atoms with van der Waals surface area (Å²) >= 11 is 0. The second kappa shape index (κ2) is 8.50. The highest BCUT2D eigenvalue weighted by atomic mass is 16.3. The molecule has 3 nitrogen and oxygen atoms in total. The highest BCUT2D eigenvalue weighted by Crippen LogP contribution is 2.21. The third kappa shape index (κ3) is 10.3. The van der Waals surface area contributed by atoms with E-state index < -0.39 is 5.60 Å². The van der Waals surface area contributed by atoms with Crippen LogP contribution in [0.3, 0.4) is 0 Å². The number of unbranched alkanes of at least 4 members (excludes halogenated alkanes) is 1. The van der Waals surface area contributed by atoms with E-state index in [2.05, 4.69) is 30.6 Å². The number of rotatable bonds is 8. The number of hydrogen-bond acceptors (Lipinski definition) is 3. The Hall–Kier alpha value is -0.120. The molecule has 0 amide bonds. The van der Waals surface area contributed by atoms with Crippen LogP contribution in [0.1, 0.15) is 66.7 Å². The molecule has 1 N–H and O–H groups in total. The molecule has 21 heavy (non-hydrogen) atoms. The molecule has 0 unspecified atom stereocenters. The molecule has 1 saturated heterocycles. The smallest absolute Gasteiger partial charge is 0.0592 e. The van der Waals surface area contributed by atoms with Crippen molar-refractivity contribution in [2.45, 2.75) is 72.3 Å². The van der Waals surface area contributed by atoms with Crippen LogP contribution in [-0.4, -0.2) is 59.8 Å². The van der Waals surface area contributed by atoms with Crippen molar-refractivity contribution in [1.29, 1.82) is 0 Å². The van der Waals surface area contributed by atoms with Crippen LogP contribution >= 0.6 is 0 Å². The standard InChI is InChI=1S/C18H38N2O/c1-17(2,3)9-6-7-11-19-13-15-20(16-14-19)12-8-10-18(4,5)21/h21H,6-16H2,1-5H3. The minimum Gasteiger partial charge on any atom is -0.390 e. The van der Waals surface area contributed by atoms with E-state index in [9.17, 15) is 5.11 Å². The quantitative estimate of drug-likeness (QED) is 0.696. The number of nitrogens with zero attached hydrogens (tertiary/aromatic N) is 2. The Morgan fingerprint density at radius 2 is 1.19 bits per heavy atom. The maximum absolute atomic E-state index is 9.74. The summed E-state index contributed by atoms with van der Waals surface area (Å²) in [5.74, 6) is 0. The minimum absolute atomic E-state index is 0.485. The number of aliphatic hydroxyl groups is 1. The molecule has 1 rings (SSSR count). The fourth-order valence-corrected chi connectivity index (χ4v) is 2.96. The van der Waals surface area contributed by atoms with Crippen LogP contribution < -0.4 is 0 Å². The van der Waals surface area contributed by atoms with Crippen molar-refractivity contribution >= 4 is 0 Å². The van der Waals surface area contributed by atoms with Crippen LogP contribution in [0.2, 0.25) is 0 Å². The average molecular weight is 299 g/mol. The Labute approximate surface area is 132 Å². The average Bonchev–Trinajstić information content (AvgIpc) is 2.34. The SMILES string of the molecule is CC(C)(C)CCCCN1CCN(CCCC(C)(C)O)CC1. The maximum atomic E-state index is 9.74. The molecule has 0 aromatic rings. The lowest BCUT2D eigenvalue weighted by Crippen LogP contribution is -2.46. The second-order valence-corrected chi connectivity index (χ2v) is 8.62. The molecule has 0 aromatic carbocycles. The molecule has 0 aliphatic carbocycles. The summed E-state index contributed by atoms with van der Waals surface area (Å²) in [7, 11) is 0. The summed E-state index contributed by atoms with van der Waals surface area (Å²) in [4.78, 5) is 5.17. The lowest BCUT2D eigenvalue weighted by molar-refractivity contribution is 0.0608. The highest BCUT2D eigenvalue weighted by molar-refractivity contribution is 4.74. The summed E-state index contributed by atoms with van der Waals surface area (Å²) in [5.41, 5.74) is -0.0198. The van der Waals surface area contributed by atoms with Gasteiger partial charge in [-0.1, -0.05) is 27.2 Å². The molecule has 1 aliphatic rings. The van der Waals surface area contributed by atoms with Crippen molar-refractivity contribution in [1.82, 2.24) is 9.80 Å². The van der Waals surface area contributed by atoms with Gasteiger partial charge in [0.2, 0.25) is 0 Å². The maximum Gasteiger partial charge on any atom is 0.0592 e. The normalized spacial score (nSPS) is 19.1. The molecule has 1 fully saturated rings. The highest BCUT2D eigenvalue weighted by Gasteiger charge is 2.18. The molecule has 126 valence electrons. The molecule has 1 aliphatic heterocycles. The van der Waals surface area contributed by atoms with E-state index in [0.717, 1.165) is 19.4 Å². The third-order valence-corrected chi connectivity index (χ3v) is 4.38. The number of piperazine rings is 1. The Kier molecular flexibility index (Phi) is 7.66. The van der Waals surface area contributed by atoms with Crippen LogP contribution in [0.25, 0.3) is 0 Å². The summed E-state index contributed by atoms with van der Waals surface area (Å²) < 4.78 is 0. The summed E-state index contributed by atoms with van der Waals surface area (Å²) in [6.07, 6.45) is 6.05. The zero-order chi connectivity index (χ0) is 15.9. The fourth-order valence-electron chi connectivity index (χ4n) is 2.96. The first-order chi connectivity index (χ1) is 9.66. The van der Waals surface area contributed by atoms with Crippen LogP contribution in [-0.2, 0) is 0 Å². The Morgan fingerprint density at radius 3 is 1.62 bits per heavy atom. The Morgan fingerprint density at radius 1 is 0.714 bits per heavy atom. The Balaban J connectivity index is 2.04. The van der Waals surface area contributed by atoms with Gasteiger partial charge >= 0.3 is 0 Å². The van der Waals surface area contributed by atoms with Crippen LogP contribution in [0.15, 0.2) is 0 Å². The first-order valence-electron chi connectivity index (χ1n) is 8.83. The zero-order valence-corrected chi connectivity index (χ0v) is 15.1. The molecule has 0 saturated carbocycles. The Bertz CT molecular complexity index is 270. The zero-order valence-electron chi connectivity index (χ0n) is 15.1. The lowest BCUT2D eigenvalue weighted by atomic mass is 9.90. The minimum atomic E-state index is -0.505. The topological polar surface area (TPSA) is 26.7 Å². The van der Waals surface area contributed by atoms with Gasteiger partial charge in [0.25, 0.3) is 0 Å². The van der Waals surface area contributed by atoms with E-state index in [1.807, 2.05) is 13.8 Å². The summed E-state index contributed by atoms with van der Waals surface area (Å²) in [6, 6.07) is 0. The predicted octanol–water partition coefficient (Wildman–Crippen LogP) is 3.37. The van der Waals surface area contributed by atoms with E-state index in [1.54, 1.807) is 0 Å². The number of hydrogen-bond donors (Lipinski definition) is 1. The van der Waals surface area contributed by atoms with Gasteiger partial charge in [-0.05, 0) is 58.0 Å². The van der Waals surface area contributed by atoms with Crippen molar-refractivity contribution in [2.75, 3.05) is 39.3 Å². The van der Waals surface area contributed by atoms with Crippen LogP contribution in [0, 0.1) is 5.41 Å². The van der Waals surface area contributed by atoms with Gasteiger partial charge in [-0.2, -0.15) is 0 Å². The van der Waals surface area contributed by atoms with Crippen molar-refractivity contribution in [3.8, 4) is 0 Å². The van der Waals surface area contributed by atoms with Gasteiger partial charge in [0.05, 0.1) is 5.60 Å². The monoisotopic (exact) mass is 298 g/mol. The molecule has 0 bridgehead atoms. The van der Waals surface area contributed by atoms with Gasteiger partial charge in [-0.3, -0.25) is 0 Å². The molecule has 0 aromatic heterocycles. The van der Waals surface area contributed by atoms with Crippen molar-refractivity contribution in [2.24, 2.45) is 5.41 Å².